The van der Waals surface area contributed by atoms with Gasteiger partial charge in [0.15, 0.2) is 5.96 Å². The lowest BCUT2D eigenvalue weighted by Gasteiger charge is -2.16. The third-order valence-electron chi connectivity index (χ3n) is 4.71. The van der Waals surface area contributed by atoms with E-state index in [4.69, 9.17) is 0 Å². The van der Waals surface area contributed by atoms with E-state index in [9.17, 15) is 4.79 Å². The lowest BCUT2D eigenvalue weighted by atomic mass is 10.2. The number of aryl methyl sites for hydroxylation is 2. The van der Waals surface area contributed by atoms with Gasteiger partial charge < -0.3 is 15.5 Å². The zero-order valence-corrected chi connectivity index (χ0v) is 19.8. The molecule has 152 valence electrons. The highest BCUT2D eigenvalue weighted by Crippen LogP contribution is 2.21. The largest absolute Gasteiger partial charge is 0.356 e. The average Bonchev–Trinajstić information content (AvgIpc) is 3.23. The number of carbonyl (C=O) groups is 1. The van der Waals surface area contributed by atoms with Gasteiger partial charge in [0.05, 0.1) is 10.7 Å². The zero-order chi connectivity index (χ0) is 19.2. The van der Waals surface area contributed by atoms with Crippen molar-refractivity contribution in [3.8, 4) is 0 Å². The molecule has 1 aromatic carbocycles. The Kier molecular flexibility index (Phi) is 8.68. The number of guanidine groups is 1. The number of anilines is 1. The fourth-order valence-corrected chi connectivity index (χ4v) is 3.99. The van der Waals surface area contributed by atoms with E-state index in [1.54, 1.807) is 18.4 Å². The standard InChI is InChI=1S/C20H27N5OS.HI/c1-14-15(2)27-18(24-14)10-11-22-20(21-3)23-13-16-6-8-17(9-7-16)25-12-4-5-19(25)26;/h6-9H,4-5,10-13H2,1-3H3,(H2,21,22,23);1H. The van der Waals surface area contributed by atoms with Gasteiger partial charge in [-0.05, 0) is 38.0 Å². The van der Waals surface area contributed by atoms with Gasteiger partial charge in [-0.3, -0.25) is 9.79 Å². The Labute approximate surface area is 187 Å². The van der Waals surface area contributed by atoms with Crippen LogP contribution in [-0.4, -0.2) is 37.0 Å². The molecule has 1 fully saturated rings. The topological polar surface area (TPSA) is 69.6 Å². The van der Waals surface area contributed by atoms with Crippen LogP contribution in [0.4, 0.5) is 5.69 Å². The van der Waals surface area contributed by atoms with Gasteiger partial charge in [-0.2, -0.15) is 0 Å². The number of hydrogen-bond acceptors (Lipinski definition) is 4. The molecule has 0 bridgehead atoms. The van der Waals surface area contributed by atoms with Crippen LogP contribution in [-0.2, 0) is 17.8 Å². The Morgan fingerprint density at radius 2 is 2.00 bits per heavy atom. The Balaban J connectivity index is 0.00000280. The molecule has 0 aliphatic carbocycles. The van der Waals surface area contributed by atoms with Crippen molar-refractivity contribution in [3.63, 3.8) is 0 Å². The van der Waals surface area contributed by atoms with Crippen molar-refractivity contribution in [2.24, 2.45) is 4.99 Å². The first kappa shape index (κ1) is 22.6. The van der Waals surface area contributed by atoms with Gasteiger partial charge in [0, 0.05) is 50.1 Å². The van der Waals surface area contributed by atoms with Crippen LogP contribution < -0.4 is 15.5 Å². The van der Waals surface area contributed by atoms with Gasteiger partial charge in [0.25, 0.3) is 0 Å². The maximum Gasteiger partial charge on any atom is 0.227 e. The van der Waals surface area contributed by atoms with E-state index in [1.165, 1.54) is 4.88 Å². The van der Waals surface area contributed by atoms with Crippen LogP contribution in [0.2, 0.25) is 0 Å². The van der Waals surface area contributed by atoms with Gasteiger partial charge in [-0.25, -0.2) is 4.98 Å². The predicted molar refractivity (Wildman–Crippen MR) is 127 cm³/mol. The van der Waals surface area contributed by atoms with Crippen LogP contribution in [0.1, 0.15) is 34.0 Å². The Morgan fingerprint density at radius 1 is 1.25 bits per heavy atom. The summed E-state index contributed by atoms with van der Waals surface area (Å²) in [5.74, 6) is 0.995. The number of halogens is 1. The van der Waals surface area contributed by atoms with Gasteiger partial charge in [0.1, 0.15) is 0 Å². The highest BCUT2D eigenvalue weighted by atomic mass is 127. The molecule has 1 saturated heterocycles. The lowest BCUT2D eigenvalue weighted by Crippen LogP contribution is -2.37. The molecule has 2 heterocycles. The second-order valence-electron chi connectivity index (χ2n) is 6.67. The molecule has 0 radical (unpaired) electrons. The molecule has 1 amide bonds. The minimum atomic E-state index is 0. The van der Waals surface area contributed by atoms with Crippen LogP contribution in [0.3, 0.4) is 0 Å². The number of aromatic nitrogens is 1. The van der Waals surface area contributed by atoms with Crippen LogP contribution in [0.25, 0.3) is 0 Å². The summed E-state index contributed by atoms with van der Waals surface area (Å²) in [7, 11) is 1.77. The number of amides is 1. The number of thiazole rings is 1. The summed E-state index contributed by atoms with van der Waals surface area (Å²) < 4.78 is 0. The average molecular weight is 513 g/mol. The van der Waals surface area contributed by atoms with E-state index in [-0.39, 0.29) is 29.9 Å². The van der Waals surface area contributed by atoms with Crippen molar-refractivity contribution in [2.45, 2.75) is 39.7 Å². The molecule has 1 aromatic heterocycles. The highest BCUT2D eigenvalue weighted by molar-refractivity contribution is 14.0. The minimum Gasteiger partial charge on any atom is -0.356 e. The first-order valence-electron chi connectivity index (χ1n) is 9.33. The SMILES string of the molecule is CN=C(NCCc1nc(C)c(C)s1)NCc1ccc(N2CCCC2=O)cc1.I. The Hall–Kier alpha value is -1.68. The normalized spacial score (nSPS) is 14.2. The zero-order valence-electron chi connectivity index (χ0n) is 16.6. The quantitative estimate of drug-likeness (QED) is 0.353. The second-order valence-corrected chi connectivity index (χ2v) is 7.95. The summed E-state index contributed by atoms with van der Waals surface area (Å²) in [6.45, 7) is 6.46. The fraction of sp³-hybridized carbons (Fsp3) is 0.450. The molecular weight excluding hydrogens is 485 g/mol. The van der Waals surface area contributed by atoms with Crippen LogP contribution in [0, 0.1) is 13.8 Å². The number of nitrogens with zero attached hydrogens (tertiary/aromatic N) is 3. The molecule has 28 heavy (non-hydrogen) atoms. The molecule has 0 unspecified atom stereocenters. The van der Waals surface area contributed by atoms with E-state index in [0.717, 1.165) is 53.8 Å². The Bertz CT molecular complexity index is 799. The van der Waals surface area contributed by atoms with E-state index in [1.807, 2.05) is 24.0 Å². The molecule has 3 rings (SSSR count). The molecule has 1 aliphatic heterocycles. The minimum absolute atomic E-state index is 0. The molecule has 0 spiro atoms. The molecule has 0 saturated carbocycles. The third-order valence-corrected chi connectivity index (χ3v) is 5.84. The van der Waals surface area contributed by atoms with E-state index >= 15 is 0 Å². The molecule has 2 N–H and O–H groups in total. The molecule has 1 aliphatic rings. The molecule has 0 atom stereocenters. The number of hydrogen-bond donors (Lipinski definition) is 2. The lowest BCUT2D eigenvalue weighted by molar-refractivity contribution is -0.117. The number of aliphatic imine (C=N–C) groups is 1. The summed E-state index contributed by atoms with van der Waals surface area (Å²) in [6, 6.07) is 8.15. The number of benzene rings is 1. The number of carbonyl (C=O) groups excluding carboxylic acids is 1. The summed E-state index contributed by atoms with van der Waals surface area (Å²) >= 11 is 1.76. The predicted octanol–water partition coefficient (Wildman–Crippen LogP) is 3.41. The van der Waals surface area contributed by atoms with E-state index < -0.39 is 0 Å². The molecule has 2 aromatic rings. The fourth-order valence-electron chi connectivity index (χ4n) is 3.06. The summed E-state index contributed by atoms with van der Waals surface area (Å²) in [6.07, 6.45) is 2.49. The molecule has 6 nitrogen and oxygen atoms in total. The van der Waals surface area contributed by atoms with Crippen molar-refractivity contribution in [1.29, 1.82) is 0 Å². The van der Waals surface area contributed by atoms with Crippen molar-refractivity contribution in [3.05, 3.63) is 45.4 Å². The second kappa shape index (κ2) is 10.8. The monoisotopic (exact) mass is 513 g/mol. The highest BCUT2D eigenvalue weighted by Gasteiger charge is 2.21. The van der Waals surface area contributed by atoms with Crippen LogP contribution in [0.15, 0.2) is 29.3 Å². The summed E-state index contributed by atoms with van der Waals surface area (Å²) in [4.78, 5) is 23.8. The van der Waals surface area contributed by atoms with E-state index in [2.05, 4.69) is 39.7 Å². The maximum atomic E-state index is 11.8. The number of nitrogens with one attached hydrogen (secondary N) is 2. The van der Waals surface area contributed by atoms with Gasteiger partial charge >= 0.3 is 0 Å². The first-order chi connectivity index (χ1) is 13.1. The number of rotatable bonds is 6. The van der Waals surface area contributed by atoms with Crippen LogP contribution >= 0.6 is 35.3 Å². The van der Waals surface area contributed by atoms with Gasteiger partial charge in [-0.1, -0.05) is 12.1 Å². The van der Waals surface area contributed by atoms with Crippen molar-refractivity contribution >= 4 is 52.9 Å². The first-order valence-corrected chi connectivity index (χ1v) is 10.1. The van der Waals surface area contributed by atoms with Crippen molar-refractivity contribution < 1.29 is 4.79 Å². The van der Waals surface area contributed by atoms with Gasteiger partial charge in [0.2, 0.25) is 5.91 Å². The van der Waals surface area contributed by atoms with Crippen molar-refractivity contribution in [2.75, 3.05) is 25.0 Å². The maximum absolute atomic E-state index is 11.8. The van der Waals surface area contributed by atoms with Gasteiger partial charge in [-0.15, -0.1) is 35.3 Å². The molecule has 8 heteroatoms. The summed E-state index contributed by atoms with van der Waals surface area (Å²) in [5.41, 5.74) is 3.26. The third kappa shape index (κ3) is 5.91. The smallest absolute Gasteiger partial charge is 0.227 e. The molecular formula is C20H28IN5OS. The van der Waals surface area contributed by atoms with Crippen molar-refractivity contribution in [1.82, 2.24) is 15.6 Å². The van der Waals surface area contributed by atoms with Crippen LogP contribution in [0.5, 0.6) is 0 Å². The summed E-state index contributed by atoms with van der Waals surface area (Å²) in [5, 5.41) is 7.81. The van der Waals surface area contributed by atoms with E-state index in [0.29, 0.717) is 13.0 Å². The Morgan fingerprint density at radius 3 is 2.57 bits per heavy atom.